The van der Waals surface area contributed by atoms with E-state index in [9.17, 15) is 0 Å². The lowest BCUT2D eigenvalue weighted by atomic mass is 10.1. The first-order chi connectivity index (χ1) is 4.09. The molecule has 0 aromatic rings. The molecule has 0 spiro atoms. The number of hydrogen-bond donors (Lipinski definition) is 4. The van der Waals surface area contributed by atoms with Crippen molar-refractivity contribution in [3.63, 3.8) is 0 Å². The highest BCUT2D eigenvalue weighted by molar-refractivity contribution is 7.81. The van der Waals surface area contributed by atoms with Gasteiger partial charge in [-0.05, 0) is 0 Å². The minimum Gasteiger partial charge on any atom is -0.394 e. The van der Waals surface area contributed by atoms with Gasteiger partial charge in [-0.15, -0.1) is 0 Å². The number of thiol groups is 1. The largest absolute Gasteiger partial charge is 0.394 e. The third-order valence-electron chi connectivity index (χ3n) is 1.19. The van der Waals surface area contributed by atoms with Crippen LogP contribution in [0.5, 0.6) is 0 Å². The molecule has 0 heterocycles. The van der Waals surface area contributed by atoms with E-state index in [1.807, 2.05) is 0 Å². The van der Waals surface area contributed by atoms with Gasteiger partial charge >= 0.3 is 0 Å². The summed E-state index contributed by atoms with van der Waals surface area (Å²) in [5, 5.41) is 17.2. The quantitative estimate of drug-likeness (QED) is 0.391. The van der Waals surface area contributed by atoms with Crippen LogP contribution in [0.25, 0.3) is 0 Å². The molecule has 0 fully saturated rings. The van der Waals surface area contributed by atoms with Gasteiger partial charge in [0.1, 0.15) is 0 Å². The minimum atomic E-state index is -0.850. The lowest BCUT2D eigenvalue weighted by molar-refractivity contribution is 0.0747. The molecule has 3 atom stereocenters. The number of rotatable bonds is 3. The van der Waals surface area contributed by atoms with E-state index < -0.39 is 12.1 Å². The van der Waals surface area contributed by atoms with Crippen LogP contribution in [0.1, 0.15) is 6.92 Å². The molecule has 56 valence electrons. The van der Waals surface area contributed by atoms with Crippen molar-refractivity contribution >= 4 is 12.6 Å². The Balaban J connectivity index is 3.58. The number of aliphatic hydroxyl groups excluding tert-OH is 2. The number of aliphatic hydroxyl groups is 2. The predicted octanol–water partition coefficient (Wildman–Crippen LogP) is -1.01. The summed E-state index contributed by atoms with van der Waals surface area (Å²) in [6, 6.07) is -0.446. The SMILES string of the molecule is CC(S)C(N)C(O)CO. The van der Waals surface area contributed by atoms with Gasteiger partial charge in [0.15, 0.2) is 0 Å². The second-order valence-electron chi connectivity index (χ2n) is 2.07. The summed E-state index contributed by atoms with van der Waals surface area (Å²) in [6.45, 7) is 1.47. The van der Waals surface area contributed by atoms with Crippen molar-refractivity contribution in [2.75, 3.05) is 6.61 Å². The summed E-state index contributed by atoms with van der Waals surface area (Å²) in [7, 11) is 0. The third-order valence-corrected chi connectivity index (χ3v) is 1.53. The monoisotopic (exact) mass is 151 g/mol. The second-order valence-corrected chi connectivity index (χ2v) is 2.88. The summed E-state index contributed by atoms with van der Waals surface area (Å²) in [5.41, 5.74) is 5.38. The van der Waals surface area contributed by atoms with E-state index in [0.29, 0.717) is 0 Å². The number of hydrogen-bond acceptors (Lipinski definition) is 4. The molecule has 0 bridgehead atoms. The Morgan fingerprint density at radius 1 is 1.67 bits per heavy atom. The molecule has 0 radical (unpaired) electrons. The molecule has 9 heavy (non-hydrogen) atoms. The normalized spacial score (nSPS) is 21.0. The Labute approximate surface area is 60.3 Å². The smallest absolute Gasteiger partial charge is 0.0931 e. The fourth-order valence-corrected chi connectivity index (χ4v) is 0.642. The molecule has 0 rings (SSSR count). The minimum absolute atomic E-state index is 0.0906. The Hall–Kier alpha value is 0.230. The van der Waals surface area contributed by atoms with Crippen molar-refractivity contribution in [3.8, 4) is 0 Å². The Bertz CT molecular complexity index is 79.4. The van der Waals surface area contributed by atoms with Crippen molar-refractivity contribution in [3.05, 3.63) is 0 Å². The molecule has 4 heteroatoms. The van der Waals surface area contributed by atoms with Crippen LogP contribution < -0.4 is 5.73 Å². The molecular formula is C5H13NO2S. The van der Waals surface area contributed by atoms with Crippen molar-refractivity contribution in [1.29, 1.82) is 0 Å². The molecule has 3 unspecified atom stereocenters. The average Bonchev–Trinajstić information content (AvgIpc) is 1.84. The summed E-state index contributed by atoms with van der Waals surface area (Å²) in [4.78, 5) is 0. The fourth-order valence-electron chi connectivity index (χ4n) is 0.443. The molecule has 0 saturated carbocycles. The third kappa shape index (κ3) is 3.05. The highest BCUT2D eigenvalue weighted by Gasteiger charge is 2.16. The van der Waals surface area contributed by atoms with Crippen molar-refractivity contribution in [1.82, 2.24) is 0 Å². The molecule has 0 aromatic carbocycles. The fraction of sp³-hybridized carbons (Fsp3) is 1.00. The van der Waals surface area contributed by atoms with Crippen LogP contribution in [0, 0.1) is 0 Å². The molecular weight excluding hydrogens is 138 g/mol. The summed E-state index contributed by atoms with van der Waals surface area (Å²) >= 11 is 3.99. The zero-order valence-electron chi connectivity index (χ0n) is 5.36. The maximum Gasteiger partial charge on any atom is 0.0931 e. The lowest BCUT2D eigenvalue weighted by Crippen LogP contribution is -2.42. The first-order valence-electron chi connectivity index (χ1n) is 2.82. The van der Waals surface area contributed by atoms with Gasteiger partial charge in [-0.25, -0.2) is 0 Å². The lowest BCUT2D eigenvalue weighted by Gasteiger charge is -2.18. The van der Waals surface area contributed by atoms with E-state index in [0.717, 1.165) is 0 Å². The highest BCUT2D eigenvalue weighted by Crippen LogP contribution is 2.01. The highest BCUT2D eigenvalue weighted by atomic mass is 32.1. The summed E-state index contributed by atoms with van der Waals surface area (Å²) in [6.07, 6.45) is -0.850. The topological polar surface area (TPSA) is 66.5 Å². The molecule has 0 aliphatic rings. The maximum atomic E-state index is 8.87. The molecule has 3 nitrogen and oxygen atoms in total. The van der Waals surface area contributed by atoms with Crippen LogP contribution in [0.3, 0.4) is 0 Å². The zero-order chi connectivity index (χ0) is 7.44. The van der Waals surface area contributed by atoms with Crippen molar-refractivity contribution < 1.29 is 10.2 Å². The van der Waals surface area contributed by atoms with Gasteiger partial charge in [0.2, 0.25) is 0 Å². The molecule has 0 aliphatic carbocycles. The van der Waals surface area contributed by atoms with E-state index in [-0.39, 0.29) is 11.9 Å². The standard InChI is InChI=1S/C5H13NO2S/c1-3(9)5(6)4(8)2-7/h3-5,7-9H,2,6H2,1H3. The second kappa shape index (κ2) is 4.11. The van der Waals surface area contributed by atoms with Gasteiger partial charge in [-0.3, -0.25) is 0 Å². The zero-order valence-corrected chi connectivity index (χ0v) is 6.25. The van der Waals surface area contributed by atoms with Gasteiger partial charge in [-0.2, -0.15) is 12.6 Å². The first-order valence-corrected chi connectivity index (χ1v) is 3.33. The van der Waals surface area contributed by atoms with E-state index >= 15 is 0 Å². The van der Waals surface area contributed by atoms with Crippen LogP contribution in [0.4, 0.5) is 0 Å². The number of nitrogens with two attached hydrogens (primary N) is 1. The molecule has 0 aromatic heterocycles. The van der Waals surface area contributed by atoms with Crippen LogP contribution in [0.15, 0.2) is 0 Å². The van der Waals surface area contributed by atoms with E-state index in [1.165, 1.54) is 0 Å². The summed E-state index contributed by atoms with van der Waals surface area (Å²) in [5.74, 6) is 0. The van der Waals surface area contributed by atoms with Gasteiger partial charge in [0.25, 0.3) is 0 Å². The average molecular weight is 151 g/mol. The first kappa shape index (κ1) is 9.23. The van der Waals surface area contributed by atoms with Gasteiger partial charge < -0.3 is 15.9 Å². The Morgan fingerprint density at radius 3 is 2.22 bits per heavy atom. The van der Waals surface area contributed by atoms with Gasteiger partial charge in [0.05, 0.1) is 12.7 Å². The van der Waals surface area contributed by atoms with Gasteiger partial charge in [0, 0.05) is 11.3 Å². The predicted molar refractivity (Wildman–Crippen MR) is 39.5 cm³/mol. The Kier molecular flexibility index (Phi) is 4.22. The van der Waals surface area contributed by atoms with Crippen molar-refractivity contribution in [2.45, 2.75) is 24.3 Å². The summed E-state index contributed by atoms with van der Waals surface area (Å²) < 4.78 is 0. The van der Waals surface area contributed by atoms with E-state index in [1.54, 1.807) is 6.92 Å². The van der Waals surface area contributed by atoms with Crippen molar-refractivity contribution in [2.24, 2.45) is 5.73 Å². The van der Waals surface area contributed by atoms with Gasteiger partial charge in [-0.1, -0.05) is 6.92 Å². The van der Waals surface area contributed by atoms with E-state index in [2.05, 4.69) is 12.6 Å². The molecule has 0 saturated heterocycles. The molecule has 4 N–H and O–H groups in total. The maximum absolute atomic E-state index is 8.87. The molecule has 0 aliphatic heterocycles. The Morgan fingerprint density at radius 2 is 2.11 bits per heavy atom. The van der Waals surface area contributed by atoms with Crippen LogP contribution in [0.2, 0.25) is 0 Å². The van der Waals surface area contributed by atoms with Crippen LogP contribution in [-0.4, -0.2) is 34.2 Å². The van der Waals surface area contributed by atoms with Crippen LogP contribution >= 0.6 is 12.6 Å². The molecule has 0 amide bonds. The van der Waals surface area contributed by atoms with E-state index in [4.69, 9.17) is 15.9 Å². The van der Waals surface area contributed by atoms with Crippen LogP contribution in [-0.2, 0) is 0 Å².